The van der Waals surface area contributed by atoms with Gasteiger partial charge in [-0.1, -0.05) is 6.92 Å². The summed E-state index contributed by atoms with van der Waals surface area (Å²) in [6.45, 7) is 7.25. The third kappa shape index (κ3) is 3.48. The van der Waals surface area contributed by atoms with E-state index in [0.29, 0.717) is 5.38 Å². The number of aromatic nitrogens is 2. The summed E-state index contributed by atoms with van der Waals surface area (Å²) in [6.07, 6.45) is 4.63. The molecule has 0 radical (unpaired) electrons. The van der Waals surface area contributed by atoms with Crippen molar-refractivity contribution in [3.8, 4) is 0 Å². The summed E-state index contributed by atoms with van der Waals surface area (Å²) in [5.74, 6) is 0.760. The molecule has 1 aromatic rings. The van der Waals surface area contributed by atoms with Gasteiger partial charge in [0.25, 0.3) is 0 Å². The number of aryl methyl sites for hydroxylation is 2. The van der Waals surface area contributed by atoms with Crippen LogP contribution in [0.25, 0.3) is 0 Å². The van der Waals surface area contributed by atoms with Crippen LogP contribution in [0.3, 0.4) is 0 Å². The molecule has 0 bridgehead atoms. The van der Waals surface area contributed by atoms with E-state index in [1.807, 2.05) is 0 Å². The van der Waals surface area contributed by atoms with Crippen molar-refractivity contribution in [2.45, 2.75) is 58.0 Å². The summed E-state index contributed by atoms with van der Waals surface area (Å²) in [5.41, 5.74) is 2.49. The molecule has 1 saturated carbocycles. The standard InChI is InChI=1S/C14H24ClN3/c1-3-13-8-14(18(4-2)17-13)10-16-9-11-5-6-12(15)7-11/h8,11-12,16H,3-7,9-10H2,1-2H3. The molecule has 0 spiro atoms. The number of nitrogens with zero attached hydrogens (tertiary/aromatic N) is 2. The van der Waals surface area contributed by atoms with E-state index in [4.69, 9.17) is 11.6 Å². The second-order valence-electron chi connectivity index (χ2n) is 5.20. The first-order valence-electron chi connectivity index (χ1n) is 7.13. The van der Waals surface area contributed by atoms with Crippen LogP contribution in [0.4, 0.5) is 0 Å². The highest BCUT2D eigenvalue weighted by Gasteiger charge is 2.22. The van der Waals surface area contributed by atoms with Gasteiger partial charge in [0.1, 0.15) is 0 Å². The Hall–Kier alpha value is -0.540. The lowest BCUT2D eigenvalue weighted by atomic mass is 10.1. The fraction of sp³-hybridized carbons (Fsp3) is 0.786. The van der Waals surface area contributed by atoms with Crippen LogP contribution in [0.1, 0.15) is 44.5 Å². The zero-order valence-corrected chi connectivity index (χ0v) is 12.2. The highest BCUT2D eigenvalue weighted by molar-refractivity contribution is 6.20. The molecule has 18 heavy (non-hydrogen) atoms. The third-order valence-electron chi connectivity index (χ3n) is 3.79. The Morgan fingerprint density at radius 1 is 1.44 bits per heavy atom. The summed E-state index contributed by atoms with van der Waals surface area (Å²) in [4.78, 5) is 0. The molecule has 1 aliphatic carbocycles. The molecule has 1 aliphatic rings. The van der Waals surface area contributed by atoms with Crippen molar-refractivity contribution < 1.29 is 0 Å². The maximum atomic E-state index is 6.13. The monoisotopic (exact) mass is 269 g/mol. The van der Waals surface area contributed by atoms with Gasteiger partial charge in [0.05, 0.1) is 11.4 Å². The van der Waals surface area contributed by atoms with Crippen molar-refractivity contribution in [3.63, 3.8) is 0 Å². The van der Waals surface area contributed by atoms with Gasteiger partial charge in [-0.15, -0.1) is 11.6 Å². The van der Waals surface area contributed by atoms with Crippen LogP contribution in [0.5, 0.6) is 0 Å². The van der Waals surface area contributed by atoms with Crippen LogP contribution in [-0.2, 0) is 19.5 Å². The molecule has 2 rings (SSSR count). The molecule has 1 fully saturated rings. The van der Waals surface area contributed by atoms with Gasteiger partial charge in [-0.2, -0.15) is 5.10 Å². The summed E-state index contributed by atoms with van der Waals surface area (Å²) in [6, 6.07) is 2.22. The van der Waals surface area contributed by atoms with Crippen molar-refractivity contribution in [2.24, 2.45) is 5.92 Å². The molecule has 0 aliphatic heterocycles. The molecule has 2 unspecified atom stereocenters. The molecule has 4 heteroatoms. The minimum Gasteiger partial charge on any atom is -0.311 e. The Labute approximate surface area is 115 Å². The first-order chi connectivity index (χ1) is 8.72. The van der Waals surface area contributed by atoms with Crippen LogP contribution < -0.4 is 5.32 Å². The third-order valence-corrected chi connectivity index (χ3v) is 4.19. The van der Waals surface area contributed by atoms with Crippen LogP contribution >= 0.6 is 11.6 Å². The Kier molecular flexibility index (Phi) is 5.07. The van der Waals surface area contributed by atoms with E-state index >= 15 is 0 Å². The Bertz CT molecular complexity index is 375. The van der Waals surface area contributed by atoms with Crippen molar-refractivity contribution in [3.05, 3.63) is 17.5 Å². The topological polar surface area (TPSA) is 29.9 Å². The summed E-state index contributed by atoms with van der Waals surface area (Å²) >= 11 is 6.13. The van der Waals surface area contributed by atoms with Crippen LogP contribution in [0.2, 0.25) is 0 Å². The number of halogens is 1. The van der Waals surface area contributed by atoms with Crippen molar-refractivity contribution in [1.82, 2.24) is 15.1 Å². The maximum absolute atomic E-state index is 6.13. The average Bonchev–Trinajstić information content (AvgIpc) is 2.95. The van der Waals surface area contributed by atoms with E-state index < -0.39 is 0 Å². The van der Waals surface area contributed by atoms with E-state index in [1.165, 1.54) is 30.7 Å². The largest absolute Gasteiger partial charge is 0.311 e. The average molecular weight is 270 g/mol. The molecular formula is C14H24ClN3. The van der Waals surface area contributed by atoms with Gasteiger partial charge in [0, 0.05) is 18.5 Å². The van der Waals surface area contributed by atoms with E-state index in [2.05, 4.69) is 35.0 Å². The normalized spacial score (nSPS) is 23.7. The smallest absolute Gasteiger partial charge is 0.0625 e. The van der Waals surface area contributed by atoms with Crippen LogP contribution in [-0.4, -0.2) is 21.7 Å². The first-order valence-corrected chi connectivity index (χ1v) is 7.57. The molecule has 102 valence electrons. The number of nitrogens with one attached hydrogen (secondary N) is 1. The van der Waals surface area contributed by atoms with Gasteiger partial charge >= 0.3 is 0 Å². The number of hydrogen-bond donors (Lipinski definition) is 1. The Morgan fingerprint density at radius 2 is 2.28 bits per heavy atom. The summed E-state index contributed by atoms with van der Waals surface area (Å²) < 4.78 is 2.10. The van der Waals surface area contributed by atoms with Crippen molar-refractivity contribution >= 4 is 11.6 Å². The van der Waals surface area contributed by atoms with Gasteiger partial charge in [-0.05, 0) is 51.1 Å². The molecule has 1 heterocycles. The lowest BCUT2D eigenvalue weighted by molar-refractivity contribution is 0.478. The fourth-order valence-electron chi connectivity index (χ4n) is 2.71. The number of alkyl halides is 1. The van der Waals surface area contributed by atoms with Gasteiger partial charge in [0.15, 0.2) is 0 Å². The quantitative estimate of drug-likeness (QED) is 0.805. The number of hydrogen-bond acceptors (Lipinski definition) is 2. The molecule has 0 aromatic carbocycles. The highest BCUT2D eigenvalue weighted by Crippen LogP contribution is 2.28. The molecule has 3 nitrogen and oxygen atoms in total. The van der Waals surface area contributed by atoms with E-state index in [-0.39, 0.29) is 0 Å². The minimum atomic E-state index is 0.407. The Balaban J connectivity index is 1.80. The van der Waals surface area contributed by atoms with E-state index in [1.54, 1.807) is 0 Å². The molecule has 2 atom stereocenters. The first kappa shape index (κ1) is 13.9. The summed E-state index contributed by atoms with van der Waals surface area (Å²) in [7, 11) is 0. The van der Waals surface area contributed by atoms with Gasteiger partial charge in [-0.3, -0.25) is 4.68 Å². The van der Waals surface area contributed by atoms with Crippen molar-refractivity contribution in [2.75, 3.05) is 6.54 Å². The molecule has 0 saturated heterocycles. The number of rotatable bonds is 6. The van der Waals surface area contributed by atoms with Gasteiger partial charge in [0.2, 0.25) is 0 Å². The Morgan fingerprint density at radius 3 is 2.89 bits per heavy atom. The van der Waals surface area contributed by atoms with Gasteiger partial charge < -0.3 is 5.32 Å². The van der Waals surface area contributed by atoms with Crippen LogP contribution in [0, 0.1) is 5.92 Å². The van der Waals surface area contributed by atoms with Gasteiger partial charge in [-0.25, -0.2) is 0 Å². The fourth-order valence-corrected chi connectivity index (χ4v) is 3.09. The second kappa shape index (κ2) is 6.58. The minimum absolute atomic E-state index is 0.407. The highest BCUT2D eigenvalue weighted by atomic mass is 35.5. The lowest BCUT2D eigenvalue weighted by Gasteiger charge is -2.11. The zero-order chi connectivity index (χ0) is 13.0. The maximum Gasteiger partial charge on any atom is 0.0625 e. The molecule has 0 amide bonds. The SMILES string of the molecule is CCc1cc(CNCC2CCC(Cl)C2)n(CC)n1. The van der Waals surface area contributed by atoms with Crippen LogP contribution in [0.15, 0.2) is 6.07 Å². The second-order valence-corrected chi connectivity index (χ2v) is 5.82. The molecule has 1 aromatic heterocycles. The predicted molar refractivity (Wildman–Crippen MR) is 76.0 cm³/mol. The lowest BCUT2D eigenvalue weighted by Crippen LogP contribution is -2.22. The summed E-state index contributed by atoms with van der Waals surface area (Å²) in [5, 5.41) is 8.53. The molecule has 1 N–H and O–H groups in total. The van der Waals surface area contributed by atoms with E-state index in [9.17, 15) is 0 Å². The zero-order valence-electron chi connectivity index (χ0n) is 11.5. The predicted octanol–water partition coefficient (Wildman–Crippen LogP) is 2.96. The van der Waals surface area contributed by atoms with Crippen molar-refractivity contribution in [1.29, 1.82) is 0 Å². The van der Waals surface area contributed by atoms with E-state index in [0.717, 1.165) is 32.0 Å². The molecular weight excluding hydrogens is 246 g/mol.